The van der Waals surface area contributed by atoms with Crippen molar-refractivity contribution >= 4 is 5.69 Å². The lowest BCUT2D eigenvalue weighted by Gasteiger charge is -2.34. The molecule has 19 heavy (non-hydrogen) atoms. The van der Waals surface area contributed by atoms with Crippen LogP contribution in [0.2, 0.25) is 0 Å². The first kappa shape index (κ1) is 12.2. The molecule has 2 heterocycles. The summed E-state index contributed by atoms with van der Waals surface area (Å²) >= 11 is 0. The van der Waals surface area contributed by atoms with Gasteiger partial charge in [-0.3, -0.25) is 0 Å². The first-order chi connectivity index (χ1) is 9.25. The Labute approximate surface area is 113 Å². The van der Waals surface area contributed by atoms with Gasteiger partial charge in [-0.1, -0.05) is 18.2 Å². The van der Waals surface area contributed by atoms with Crippen LogP contribution in [0.3, 0.4) is 0 Å². The van der Waals surface area contributed by atoms with Gasteiger partial charge >= 0.3 is 0 Å². The van der Waals surface area contributed by atoms with Crippen LogP contribution in [0.25, 0.3) is 0 Å². The summed E-state index contributed by atoms with van der Waals surface area (Å²) in [6.07, 6.45) is 4.92. The number of nitrogens with zero attached hydrogens (tertiary/aromatic N) is 3. The SMILES string of the molecule is Cc1nccn1CCN1CCC(N)c2ccccc21. The fourth-order valence-electron chi connectivity index (χ4n) is 2.76. The van der Waals surface area contributed by atoms with Gasteiger partial charge in [0.15, 0.2) is 0 Å². The molecule has 4 heteroatoms. The van der Waals surface area contributed by atoms with E-state index in [1.165, 1.54) is 11.3 Å². The third-order valence-electron chi connectivity index (χ3n) is 3.92. The van der Waals surface area contributed by atoms with Gasteiger partial charge in [-0.15, -0.1) is 0 Å². The molecule has 100 valence electrons. The zero-order valence-electron chi connectivity index (χ0n) is 11.3. The maximum atomic E-state index is 6.18. The highest BCUT2D eigenvalue weighted by molar-refractivity contribution is 5.56. The van der Waals surface area contributed by atoms with Gasteiger partial charge in [0, 0.05) is 43.8 Å². The molecule has 0 amide bonds. The summed E-state index contributed by atoms with van der Waals surface area (Å²) in [4.78, 5) is 6.69. The Bertz CT molecular complexity index is 561. The molecule has 3 rings (SSSR count). The minimum Gasteiger partial charge on any atom is -0.369 e. The van der Waals surface area contributed by atoms with Gasteiger partial charge in [0.25, 0.3) is 0 Å². The third kappa shape index (κ3) is 2.36. The van der Waals surface area contributed by atoms with Crippen LogP contribution in [0.4, 0.5) is 5.69 Å². The molecule has 0 aliphatic carbocycles. The molecule has 2 aromatic rings. The molecule has 0 saturated heterocycles. The number of benzene rings is 1. The van der Waals surface area contributed by atoms with Crippen molar-refractivity contribution in [1.82, 2.24) is 9.55 Å². The van der Waals surface area contributed by atoms with Crippen LogP contribution in [0.15, 0.2) is 36.7 Å². The molecule has 0 fully saturated rings. The predicted octanol–water partition coefficient (Wildman–Crippen LogP) is 2.10. The van der Waals surface area contributed by atoms with E-state index in [-0.39, 0.29) is 6.04 Å². The van der Waals surface area contributed by atoms with Crippen LogP contribution in [0.5, 0.6) is 0 Å². The Hall–Kier alpha value is -1.81. The van der Waals surface area contributed by atoms with Crippen LogP contribution in [-0.2, 0) is 6.54 Å². The molecule has 4 nitrogen and oxygen atoms in total. The summed E-state index contributed by atoms with van der Waals surface area (Å²) in [5.74, 6) is 1.07. The fraction of sp³-hybridized carbons (Fsp3) is 0.400. The molecule has 1 unspecified atom stereocenters. The van der Waals surface area contributed by atoms with E-state index in [2.05, 4.69) is 38.7 Å². The van der Waals surface area contributed by atoms with Crippen LogP contribution in [0.1, 0.15) is 23.9 Å². The van der Waals surface area contributed by atoms with Crippen LogP contribution >= 0.6 is 0 Å². The lowest BCUT2D eigenvalue weighted by Crippen LogP contribution is -2.35. The second-order valence-corrected chi connectivity index (χ2v) is 5.11. The second kappa shape index (κ2) is 5.05. The number of nitrogens with two attached hydrogens (primary N) is 1. The van der Waals surface area contributed by atoms with E-state index in [0.717, 1.165) is 31.9 Å². The highest BCUT2D eigenvalue weighted by atomic mass is 15.2. The van der Waals surface area contributed by atoms with Crippen molar-refractivity contribution in [3.63, 3.8) is 0 Å². The topological polar surface area (TPSA) is 47.1 Å². The van der Waals surface area contributed by atoms with Crippen molar-refractivity contribution < 1.29 is 0 Å². The number of aryl methyl sites for hydroxylation is 1. The van der Waals surface area contributed by atoms with Crippen molar-refractivity contribution in [1.29, 1.82) is 0 Å². The van der Waals surface area contributed by atoms with Crippen LogP contribution in [0, 0.1) is 6.92 Å². The van der Waals surface area contributed by atoms with Crippen molar-refractivity contribution in [3.8, 4) is 0 Å². The number of rotatable bonds is 3. The standard InChI is InChI=1S/C15H20N4/c1-12-17-7-9-18(12)10-11-19-8-6-14(16)13-4-2-3-5-15(13)19/h2-5,7,9,14H,6,8,10-11,16H2,1H3. The van der Waals surface area contributed by atoms with Gasteiger partial charge in [-0.25, -0.2) is 4.98 Å². The normalized spacial score (nSPS) is 18.4. The number of imidazole rings is 1. The fourth-order valence-corrected chi connectivity index (χ4v) is 2.76. The highest BCUT2D eigenvalue weighted by Crippen LogP contribution is 2.31. The second-order valence-electron chi connectivity index (χ2n) is 5.11. The van der Waals surface area contributed by atoms with Crippen LogP contribution < -0.4 is 10.6 Å². The summed E-state index contributed by atoms with van der Waals surface area (Å²) in [5, 5.41) is 0. The number of anilines is 1. The molecule has 2 N–H and O–H groups in total. The average Bonchev–Trinajstić information content (AvgIpc) is 2.84. The van der Waals surface area contributed by atoms with E-state index in [0.29, 0.717) is 0 Å². The first-order valence-electron chi connectivity index (χ1n) is 6.83. The maximum absolute atomic E-state index is 6.18. The minimum atomic E-state index is 0.183. The quantitative estimate of drug-likeness (QED) is 0.915. The van der Waals surface area contributed by atoms with Crippen molar-refractivity contribution in [2.75, 3.05) is 18.0 Å². The number of fused-ring (bicyclic) bond motifs is 1. The Morgan fingerprint density at radius 2 is 2.16 bits per heavy atom. The Morgan fingerprint density at radius 1 is 1.32 bits per heavy atom. The van der Waals surface area contributed by atoms with Gasteiger partial charge < -0.3 is 15.2 Å². The lowest BCUT2D eigenvalue weighted by atomic mass is 9.97. The summed E-state index contributed by atoms with van der Waals surface area (Å²) < 4.78 is 2.19. The Morgan fingerprint density at radius 3 is 2.95 bits per heavy atom. The maximum Gasteiger partial charge on any atom is 0.105 e. The van der Waals surface area contributed by atoms with E-state index < -0.39 is 0 Å². The van der Waals surface area contributed by atoms with E-state index in [1.807, 2.05) is 19.3 Å². The van der Waals surface area contributed by atoms with E-state index >= 15 is 0 Å². The molecule has 1 atom stereocenters. The van der Waals surface area contributed by atoms with E-state index in [4.69, 9.17) is 5.73 Å². The highest BCUT2D eigenvalue weighted by Gasteiger charge is 2.21. The van der Waals surface area contributed by atoms with Crippen molar-refractivity contribution in [2.45, 2.75) is 25.9 Å². The third-order valence-corrected chi connectivity index (χ3v) is 3.92. The van der Waals surface area contributed by atoms with Gasteiger partial charge in [0.05, 0.1) is 0 Å². The molecular weight excluding hydrogens is 236 g/mol. The minimum absolute atomic E-state index is 0.183. The Kier molecular flexibility index (Phi) is 3.25. The molecule has 1 aromatic carbocycles. The molecular formula is C15H20N4. The molecule has 0 radical (unpaired) electrons. The van der Waals surface area contributed by atoms with E-state index in [1.54, 1.807) is 0 Å². The van der Waals surface area contributed by atoms with Gasteiger partial charge in [-0.2, -0.15) is 0 Å². The summed E-state index contributed by atoms with van der Waals surface area (Å²) in [6, 6.07) is 8.67. The molecule has 0 saturated carbocycles. The lowest BCUT2D eigenvalue weighted by molar-refractivity contribution is 0.563. The van der Waals surface area contributed by atoms with Gasteiger partial charge in [0.2, 0.25) is 0 Å². The predicted molar refractivity (Wildman–Crippen MR) is 77.2 cm³/mol. The molecule has 1 aliphatic heterocycles. The zero-order chi connectivity index (χ0) is 13.2. The van der Waals surface area contributed by atoms with E-state index in [9.17, 15) is 0 Å². The van der Waals surface area contributed by atoms with Crippen LogP contribution in [-0.4, -0.2) is 22.6 Å². The summed E-state index contributed by atoms with van der Waals surface area (Å²) in [7, 11) is 0. The number of hydrogen-bond acceptors (Lipinski definition) is 3. The smallest absolute Gasteiger partial charge is 0.105 e. The summed E-state index contributed by atoms with van der Waals surface area (Å²) in [6.45, 7) is 5.04. The van der Waals surface area contributed by atoms with Gasteiger partial charge in [-0.05, 0) is 25.0 Å². The zero-order valence-corrected chi connectivity index (χ0v) is 11.3. The average molecular weight is 256 g/mol. The molecule has 1 aromatic heterocycles. The van der Waals surface area contributed by atoms with Crippen molar-refractivity contribution in [3.05, 3.63) is 48.0 Å². The number of hydrogen-bond donors (Lipinski definition) is 1. The number of para-hydroxylation sites is 1. The number of aromatic nitrogens is 2. The van der Waals surface area contributed by atoms with Gasteiger partial charge in [0.1, 0.15) is 5.82 Å². The Balaban J connectivity index is 1.76. The van der Waals surface area contributed by atoms with Crippen molar-refractivity contribution in [2.24, 2.45) is 5.73 Å². The largest absolute Gasteiger partial charge is 0.369 e. The summed E-state index contributed by atoms with van der Waals surface area (Å²) in [5.41, 5.74) is 8.75. The monoisotopic (exact) mass is 256 g/mol. The first-order valence-corrected chi connectivity index (χ1v) is 6.83. The molecule has 1 aliphatic rings. The molecule has 0 spiro atoms. The molecule has 0 bridgehead atoms.